The number of halogens is 3. The Morgan fingerprint density at radius 2 is 1.73 bits per heavy atom. The smallest absolute Gasteiger partial charge is 0.322 e. The van der Waals surface area contributed by atoms with E-state index >= 15 is 0 Å². The summed E-state index contributed by atoms with van der Waals surface area (Å²) < 4.78 is 38.8. The van der Waals surface area contributed by atoms with Gasteiger partial charge in [-0.05, 0) is 54.7 Å². The molecule has 1 aliphatic rings. The van der Waals surface area contributed by atoms with Gasteiger partial charge in [0.25, 0.3) is 5.91 Å². The number of nitrogens with one attached hydrogen (secondary N) is 1. The Kier molecular flexibility index (Phi) is 3.64. The summed E-state index contributed by atoms with van der Waals surface area (Å²) >= 11 is 0. The molecule has 0 aromatic heterocycles. The monoisotopic (exact) mass is 305 g/mol. The molecule has 0 unspecified atom stereocenters. The average molecular weight is 305 g/mol. The van der Waals surface area contributed by atoms with Crippen LogP contribution in [0.5, 0.6) is 0 Å². The number of carbonyl (C=O) groups excluding carboxylic acids is 1. The highest BCUT2D eigenvalue weighted by molar-refractivity contribution is 6.05. The van der Waals surface area contributed by atoms with E-state index in [1.165, 1.54) is 23.8 Å². The first kappa shape index (κ1) is 14.6. The van der Waals surface area contributed by atoms with Crippen molar-refractivity contribution in [2.24, 2.45) is 0 Å². The van der Waals surface area contributed by atoms with E-state index in [0.29, 0.717) is 5.69 Å². The zero-order valence-corrected chi connectivity index (χ0v) is 11.7. The number of carbonyl (C=O) groups is 1. The second kappa shape index (κ2) is 5.48. The Hall–Kier alpha value is -2.30. The van der Waals surface area contributed by atoms with Gasteiger partial charge in [-0.1, -0.05) is 18.2 Å². The van der Waals surface area contributed by atoms with Crippen molar-refractivity contribution in [1.82, 2.24) is 0 Å². The maximum atomic E-state index is 12.9. The Balaban J connectivity index is 1.86. The molecule has 2 aromatic carbocycles. The quantitative estimate of drug-likeness (QED) is 0.873. The van der Waals surface area contributed by atoms with Gasteiger partial charge >= 0.3 is 6.18 Å². The van der Waals surface area contributed by atoms with E-state index in [9.17, 15) is 18.0 Å². The molecule has 1 N–H and O–H groups in total. The number of aryl methyl sites for hydroxylation is 2. The SMILES string of the molecule is O=C(Nc1ccc2c(c1)CCC2)c1ccccc1C(F)(F)F. The van der Waals surface area contributed by atoms with E-state index in [1.807, 2.05) is 12.1 Å². The molecule has 0 bridgehead atoms. The molecule has 0 heterocycles. The van der Waals surface area contributed by atoms with Gasteiger partial charge in [0.2, 0.25) is 0 Å². The van der Waals surface area contributed by atoms with Crippen LogP contribution in [0.2, 0.25) is 0 Å². The van der Waals surface area contributed by atoms with Gasteiger partial charge < -0.3 is 5.32 Å². The van der Waals surface area contributed by atoms with E-state index in [-0.39, 0.29) is 5.56 Å². The zero-order valence-electron chi connectivity index (χ0n) is 11.7. The minimum Gasteiger partial charge on any atom is -0.322 e. The third-order valence-corrected chi connectivity index (χ3v) is 3.83. The molecule has 2 aromatic rings. The Labute approximate surface area is 126 Å². The second-order valence-corrected chi connectivity index (χ2v) is 5.33. The number of alkyl halides is 3. The van der Waals surface area contributed by atoms with Gasteiger partial charge in [-0.25, -0.2) is 0 Å². The number of fused-ring (bicyclic) bond motifs is 1. The molecule has 0 radical (unpaired) electrons. The van der Waals surface area contributed by atoms with Crippen LogP contribution < -0.4 is 5.32 Å². The fourth-order valence-corrected chi connectivity index (χ4v) is 2.78. The molecule has 0 spiro atoms. The highest BCUT2D eigenvalue weighted by atomic mass is 19.4. The molecule has 2 nitrogen and oxygen atoms in total. The van der Waals surface area contributed by atoms with Crippen molar-refractivity contribution >= 4 is 11.6 Å². The first-order valence-corrected chi connectivity index (χ1v) is 7.04. The van der Waals surface area contributed by atoms with Crippen LogP contribution >= 0.6 is 0 Å². The summed E-state index contributed by atoms with van der Waals surface area (Å²) in [6.07, 6.45) is -1.52. The highest BCUT2D eigenvalue weighted by Crippen LogP contribution is 2.32. The van der Waals surface area contributed by atoms with Gasteiger partial charge in [0.1, 0.15) is 0 Å². The molecule has 0 fully saturated rings. The molecule has 0 saturated carbocycles. The first-order valence-electron chi connectivity index (χ1n) is 7.04. The van der Waals surface area contributed by atoms with Gasteiger partial charge in [0.05, 0.1) is 11.1 Å². The van der Waals surface area contributed by atoms with Gasteiger partial charge in [0.15, 0.2) is 0 Å². The summed E-state index contributed by atoms with van der Waals surface area (Å²) in [6.45, 7) is 0. The number of rotatable bonds is 2. The molecule has 1 amide bonds. The third-order valence-electron chi connectivity index (χ3n) is 3.83. The summed E-state index contributed by atoms with van der Waals surface area (Å²) in [5, 5.41) is 2.56. The molecule has 0 aliphatic heterocycles. The van der Waals surface area contributed by atoms with Gasteiger partial charge in [0, 0.05) is 5.69 Å². The highest BCUT2D eigenvalue weighted by Gasteiger charge is 2.34. The van der Waals surface area contributed by atoms with Crippen LogP contribution in [0.25, 0.3) is 0 Å². The average Bonchev–Trinajstić information content (AvgIpc) is 2.94. The van der Waals surface area contributed by atoms with E-state index in [4.69, 9.17) is 0 Å². The van der Waals surface area contributed by atoms with Gasteiger partial charge in [-0.2, -0.15) is 13.2 Å². The Bertz CT molecular complexity index is 722. The van der Waals surface area contributed by atoms with Crippen molar-refractivity contribution in [1.29, 1.82) is 0 Å². The first-order chi connectivity index (χ1) is 10.4. The second-order valence-electron chi connectivity index (χ2n) is 5.33. The van der Waals surface area contributed by atoms with Crippen molar-refractivity contribution in [2.45, 2.75) is 25.4 Å². The largest absolute Gasteiger partial charge is 0.417 e. The maximum absolute atomic E-state index is 12.9. The van der Waals surface area contributed by atoms with Crippen LogP contribution in [0, 0.1) is 0 Å². The van der Waals surface area contributed by atoms with Crippen molar-refractivity contribution in [3.63, 3.8) is 0 Å². The Morgan fingerprint density at radius 1 is 1.00 bits per heavy atom. The van der Waals surface area contributed by atoms with Crippen LogP contribution in [0.3, 0.4) is 0 Å². The molecule has 22 heavy (non-hydrogen) atoms. The van der Waals surface area contributed by atoms with Crippen molar-refractivity contribution in [3.8, 4) is 0 Å². The van der Waals surface area contributed by atoms with Crippen LogP contribution in [-0.2, 0) is 19.0 Å². The van der Waals surface area contributed by atoms with Crippen LogP contribution in [-0.4, -0.2) is 5.91 Å². The minimum atomic E-state index is -4.55. The molecular weight excluding hydrogens is 291 g/mol. The summed E-state index contributed by atoms with van der Waals surface area (Å²) in [5.41, 5.74) is 1.64. The Morgan fingerprint density at radius 3 is 2.50 bits per heavy atom. The lowest BCUT2D eigenvalue weighted by Gasteiger charge is -2.13. The molecule has 3 rings (SSSR count). The summed E-state index contributed by atoms with van der Waals surface area (Å²) in [4.78, 5) is 12.2. The molecule has 5 heteroatoms. The van der Waals surface area contributed by atoms with Crippen molar-refractivity contribution < 1.29 is 18.0 Å². The topological polar surface area (TPSA) is 29.1 Å². The predicted molar refractivity (Wildman–Crippen MR) is 77.9 cm³/mol. The van der Waals surface area contributed by atoms with Crippen LogP contribution in [0.15, 0.2) is 42.5 Å². The van der Waals surface area contributed by atoms with Crippen molar-refractivity contribution in [2.75, 3.05) is 5.32 Å². The summed E-state index contributed by atoms with van der Waals surface area (Å²) in [6, 6.07) is 10.3. The van der Waals surface area contributed by atoms with Crippen LogP contribution in [0.4, 0.5) is 18.9 Å². The third kappa shape index (κ3) is 2.84. The zero-order chi connectivity index (χ0) is 15.7. The van der Waals surface area contributed by atoms with Crippen LogP contribution in [0.1, 0.15) is 33.5 Å². The standard InChI is InChI=1S/C17H14F3NO/c18-17(19,20)15-7-2-1-6-14(15)16(22)21-13-9-8-11-4-3-5-12(11)10-13/h1-2,6-10H,3-5H2,(H,21,22). The molecule has 0 saturated heterocycles. The summed E-state index contributed by atoms with van der Waals surface area (Å²) in [5.74, 6) is -0.745. The number of anilines is 1. The number of hydrogen-bond donors (Lipinski definition) is 1. The predicted octanol–water partition coefficient (Wildman–Crippen LogP) is 4.45. The van der Waals surface area contributed by atoms with E-state index in [0.717, 1.165) is 30.9 Å². The van der Waals surface area contributed by atoms with Crippen molar-refractivity contribution in [3.05, 3.63) is 64.7 Å². The van der Waals surface area contributed by atoms with E-state index < -0.39 is 17.6 Å². The number of hydrogen-bond acceptors (Lipinski definition) is 1. The summed E-state index contributed by atoms with van der Waals surface area (Å²) in [7, 11) is 0. The van der Waals surface area contributed by atoms with Gasteiger partial charge in [-0.15, -0.1) is 0 Å². The van der Waals surface area contributed by atoms with E-state index in [1.54, 1.807) is 6.07 Å². The normalized spacial score (nSPS) is 13.8. The fourth-order valence-electron chi connectivity index (χ4n) is 2.78. The molecule has 114 valence electrons. The lowest BCUT2D eigenvalue weighted by Crippen LogP contribution is -2.18. The fraction of sp³-hybridized carbons (Fsp3) is 0.235. The number of amides is 1. The minimum absolute atomic E-state index is 0.365. The maximum Gasteiger partial charge on any atom is 0.417 e. The lowest BCUT2D eigenvalue weighted by atomic mass is 10.1. The number of benzene rings is 2. The molecular formula is C17H14F3NO. The lowest BCUT2D eigenvalue weighted by molar-refractivity contribution is -0.137. The van der Waals surface area contributed by atoms with Gasteiger partial charge in [-0.3, -0.25) is 4.79 Å². The molecule has 0 atom stereocenters. The van der Waals surface area contributed by atoms with E-state index in [2.05, 4.69) is 5.32 Å². The molecule has 1 aliphatic carbocycles.